The van der Waals surface area contributed by atoms with Crippen molar-refractivity contribution in [1.29, 1.82) is 0 Å². The molecule has 0 amide bonds. The molecule has 2 aromatic rings. The van der Waals surface area contributed by atoms with Gasteiger partial charge in [0.05, 0.1) is 5.56 Å². The van der Waals surface area contributed by atoms with Crippen molar-refractivity contribution in [3.05, 3.63) is 50.6 Å². The van der Waals surface area contributed by atoms with Crippen LogP contribution in [-0.2, 0) is 6.61 Å². The van der Waals surface area contributed by atoms with Crippen molar-refractivity contribution >= 4 is 44.5 Å². The molecule has 0 bridgehead atoms. The number of ether oxygens (including phenoxy) is 1. The lowest BCUT2D eigenvalue weighted by Gasteiger charge is -2.10. The van der Waals surface area contributed by atoms with Gasteiger partial charge in [0.15, 0.2) is 0 Å². The average molecular weight is 328 g/mol. The summed E-state index contributed by atoms with van der Waals surface area (Å²) in [5.74, 6) is 0.717. The van der Waals surface area contributed by atoms with E-state index in [1.165, 1.54) is 4.88 Å². The second-order valence-electron chi connectivity index (χ2n) is 3.37. The van der Waals surface area contributed by atoms with Crippen molar-refractivity contribution in [2.45, 2.75) is 6.61 Å². The van der Waals surface area contributed by atoms with Crippen LogP contribution < -0.4 is 10.5 Å². The highest BCUT2D eigenvalue weighted by molar-refractivity contribution is 9.10. The van der Waals surface area contributed by atoms with Crippen LogP contribution in [0.2, 0.25) is 0 Å². The van der Waals surface area contributed by atoms with Crippen LogP contribution in [-0.4, -0.2) is 4.99 Å². The number of nitrogens with two attached hydrogens (primary N) is 1. The molecule has 17 heavy (non-hydrogen) atoms. The standard InChI is InChI=1S/C12H10BrNOS2/c13-8-3-4-11(10(6-8)12(14)16)15-7-9-2-1-5-17-9/h1-6H,7H2,(H2,14,16). The molecule has 0 unspecified atom stereocenters. The smallest absolute Gasteiger partial charge is 0.130 e. The van der Waals surface area contributed by atoms with Gasteiger partial charge in [-0.1, -0.05) is 34.2 Å². The van der Waals surface area contributed by atoms with Gasteiger partial charge in [-0.2, -0.15) is 0 Å². The lowest BCUT2D eigenvalue weighted by atomic mass is 10.2. The molecule has 88 valence electrons. The van der Waals surface area contributed by atoms with E-state index in [0.29, 0.717) is 17.3 Å². The minimum Gasteiger partial charge on any atom is -0.487 e. The Kier molecular flexibility index (Phi) is 4.15. The number of halogens is 1. The summed E-state index contributed by atoms with van der Waals surface area (Å²) < 4.78 is 6.65. The summed E-state index contributed by atoms with van der Waals surface area (Å²) in [7, 11) is 0. The molecule has 5 heteroatoms. The van der Waals surface area contributed by atoms with Crippen LogP contribution in [0.1, 0.15) is 10.4 Å². The van der Waals surface area contributed by atoms with Gasteiger partial charge in [0.25, 0.3) is 0 Å². The molecule has 0 radical (unpaired) electrons. The van der Waals surface area contributed by atoms with Gasteiger partial charge >= 0.3 is 0 Å². The summed E-state index contributed by atoms with van der Waals surface area (Å²) in [6, 6.07) is 9.67. The minimum atomic E-state index is 0.340. The van der Waals surface area contributed by atoms with E-state index >= 15 is 0 Å². The van der Waals surface area contributed by atoms with Crippen LogP contribution in [0.3, 0.4) is 0 Å². The van der Waals surface area contributed by atoms with Gasteiger partial charge in [-0.15, -0.1) is 11.3 Å². The third-order valence-corrected chi connectivity index (χ3v) is 3.72. The lowest BCUT2D eigenvalue weighted by Crippen LogP contribution is -2.11. The Morgan fingerprint density at radius 2 is 2.24 bits per heavy atom. The molecular formula is C12H10BrNOS2. The normalized spacial score (nSPS) is 10.2. The third kappa shape index (κ3) is 3.28. The first-order valence-corrected chi connectivity index (χ1v) is 6.99. The maximum atomic E-state index is 5.72. The molecule has 0 spiro atoms. The quantitative estimate of drug-likeness (QED) is 0.869. The molecule has 0 atom stereocenters. The van der Waals surface area contributed by atoms with E-state index in [1.54, 1.807) is 11.3 Å². The summed E-state index contributed by atoms with van der Waals surface area (Å²) in [5.41, 5.74) is 6.42. The zero-order valence-electron chi connectivity index (χ0n) is 8.85. The van der Waals surface area contributed by atoms with Crippen LogP contribution in [0.4, 0.5) is 0 Å². The fourth-order valence-corrected chi connectivity index (χ4v) is 2.50. The molecule has 2 rings (SSSR count). The van der Waals surface area contributed by atoms with Gasteiger partial charge in [0.1, 0.15) is 17.3 Å². The highest BCUT2D eigenvalue weighted by Crippen LogP contribution is 2.24. The molecule has 1 heterocycles. The van der Waals surface area contributed by atoms with Gasteiger partial charge in [-0.3, -0.25) is 0 Å². The second-order valence-corrected chi connectivity index (χ2v) is 5.76. The van der Waals surface area contributed by atoms with E-state index < -0.39 is 0 Å². The molecule has 0 saturated carbocycles. The fourth-order valence-electron chi connectivity index (χ4n) is 1.36. The van der Waals surface area contributed by atoms with Gasteiger partial charge in [-0.25, -0.2) is 0 Å². The largest absolute Gasteiger partial charge is 0.487 e. The predicted octanol–water partition coefficient (Wildman–Crippen LogP) is 3.72. The van der Waals surface area contributed by atoms with E-state index in [9.17, 15) is 0 Å². The Bertz CT molecular complexity index is 525. The molecule has 2 nitrogen and oxygen atoms in total. The first-order chi connectivity index (χ1) is 8.16. The summed E-state index contributed by atoms with van der Waals surface area (Å²) in [5, 5.41) is 2.02. The van der Waals surface area contributed by atoms with Crippen LogP contribution in [0.15, 0.2) is 40.2 Å². The van der Waals surface area contributed by atoms with E-state index in [0.717, 1.165) is 10.0 Å². The number of hydrogen-bond acceptors (Lipinski definition) is 3. The Morgan fingerprint density at radius 3 is 2.88 bits per heavy atom. The zero-order valence-corrected chi connectivity index (χ0v) is 12.1. The number of benzene rings is 1. The first kappa shape index (κ1) is 12.5. The highest BCUT2D eigenvalue weighted by atomic mass is 79.9. The Morgan fingerprint density at radius 1 is 1.41 bits per heavy atom. The van der Waals surface area contributed by atoms with Crippen LogP contribution in [0, 0.1) is 0 Å². The Labute approximate surface area is 118 Å². The molecule has 0 aliphatic heterocycles. The van der Waals surface area contributed by atoms with E-state index in [4.69, 9.17) is 22.7 Å². The molecule has 0 fully saturated rings. The predicted molar refractivity (Wildman–Crippen MR) is 78.7 cm³/mol. The lowest BCUT2D eigenvalue weighted by molar-refractivity contribution is 0.309. The molecule has 0 aliphatic carbocycles. The monoisotopic (exact) mass is 327 g/mol. The maximum absolute atomic E-state index is 5.72. The molecule has 2 N–H and O–H groups in total. The summed E-state index contributed by atoms with van der Waals surface area (Å²) in [6.07, 6.45) is 0. The SMILES string of the molecule is NC(=S)c1cc(Br)ccc1OCc1cccs1. The van der Waals surface area contributed by atoms with Gasteiger partial charge < -0.3 is 10.5 Å². The van der Waals surface area contributed by atoms with Gasteiger partial charge in [-0.05, 0) is 29.6 Å². The van der Waals surface area contributed by atoms with Gasteiger partial charge in [0.2, 0.25) is 0 Å². The second kappa shape index (κ2) is 5.62. The molecule has 1 aromatic heterocycles. The van der Waals surface area contributed by atoms with Crippen molar-refractivity contribution in [1.82, 2.24) is 0 Å². The topological polar surface area (TPSA) is 35.2 Å². The van der Waals surface area contributed by atoms with Crippen LogP contribution in [0.25, 0.3) is 0 Å². The fraction of sp³-hybridized carbons (Fsp3) is 0.0833. The number of hydrogen-bond donors (Lipinski definition) is 1. The van der Waals surface area contributed by atoms with Crippen molar-refractivity contribution in [3.8, 4) is 5.75 Å². The van der Waals surface area contributed by atoms with Crippen LogP contribution in [0.5, 0.6) is 5.75 Å². The molecular weight excluding hydrogens is 318 g/mol. The van der Waals surface area contributed by atoms with Gasteiger partial charge in [0, 0.05) is 9.35 Å². The Balaban J connectivity index is 2.17. The summed E-state index contributed by atoms with van der Waals surface area (Å²) in [4.78, 5) is 1.51. The van der Waals surface area contributed by atoms with Crippen LogP contribution >= 0.6 is 39.5 Å². The number of thiocarbonyl (C=S) groups is 1. The van der Waals surface area contributed by atoms with Crippen molar-refractivity contribution < 1.29 is 4.74 Å². The highest BCUT2D eigenvalue weighted by Gasteiger charge is 2.07. The average Bonchev–Trinajstić information content (AvgIpc) is 2.80. The zero-order chi connectivity index (χ0) is 12.3. The molecule has 0 aliphatic rings. The van der Waals surface area contributed by atoms with Crippen molar-refractivity contribution in [3.63, 3.8) is 0 Å². The number of rotatable bonds is 4. The van der Waals surface area contributed by atoms with E-state index in [2.05, 4.69) is 15.9 Å². The summed E-state index contributed by atoms with van der Waals surface area (Å²) in [6.45, 7) is 0.537. The molecule has 0 saturated heterocycles. The minimum absolute atomic E-state index is 0.340. The van der Waals surface area contributed by atoms with Crippen molar-refractivity contribution in [2.75, 3.05) is 0 Å². The Hall–Kier alpha value is -0.910. The van der Waals surface area contributed by atoms with E-state index in [-0.39, 0.29) is 0 Å². The third-order valence-electron chi connectivity index (χ3n) is 2.16. The van der Waals surface area contributed by atoms with Crippen molar-refractivity contribution in [2.24, 2.45) is 5.73 Å². The maximum Gasteiger partial charge on any atom is 0.130 e. The first-order valence-electron chi connectivity index (χ1n) is 4.91. The number of thiophene rings is 1. The van der Waals surface area contributed by atoms with E-state index in [1.807, 2.05) is 35.7 Å². The summed E-state index contributed by atoms with van der Waals surface area (Å²) >= 11 is 10.0. The molecule has 1 aromatic carbocycles.